The Balaban J connectivity index is 2.28. The highest BCUT2D eigenvalue weighted by atomic mass is 19.1. The second kappa shape index (κ2) is 5.31. The topological polar surface area (TPSA) is 32.3 Å². The zero-order valence-electron chi connectivity index (χ0n) is 11.4. The monoisotopic (exact) mass is 259 g/mol. The third kappa shape index (κ3) is 2.87. The molecular formula is C16H18FNO. The molecule has 0 aliphatic rings. The average molecular weight is 259 g/mol. The van der Waals surface area contributed by atoms with E-state index in [4.69, 9.17) is 0 Å². The molecule has 2 aromatic rings. The number of hydrogen-bond donors (Lipinski definition) is 2. The van der Waals surface area contributed by atoms with Gasteiger partial charge < -0.3 is 10.4 Å². The van der Waals surface area contributed by atoms with E-state index in [1.165, 1.54) is 6.07 Å². The van der Waals surface area contributed by atoms with Crippen molar-refractivity contribution in [3.63, 3.8) is 0 Å². The predicted octanol–water partition coefficient (Wildman–Crippen LogP) is 4.32. The molecule has 0 aliphatic heterocycles. The van der Waals surface area contributed by atoms with E-state index in [-0.39, 0.29) is 17.6 Å². The van der Waals surface area contributed by atoms with Crippen LogP contribution in [0.1, 0.15) is 29.7 Å². The van der Waals surface area contributed by atoms with E-state index < -0.39 is 0 Å². The second-order valence-electron chi connectivity index (χ2n) is 4.86. The molecular weight excluding hydrogens is 241 g/mol. The Hall–Kier alpha value is -2.03. The third-order valence-corrected chi connectivity index (χ3v) is 3.24. The normalized spacial score (nSPS) is 12.2. The van der Waals surface area contributed by atoms with E-state index in [1.54, 1.807) is 12.1 Å². The minimum atomic E-state index is -0.279. The summed E-state index contributed by atoms with van der Waals surface area (Å²) in [6.07, 6.45) is 0. The van der Waals surface area contributed by atoms with Crippen molar-refractivity contribution in [2.24, 2.45) is 0 Å². The summed E-state index contributed by atoms with van der Waals surface area (Å²) in [5.74, 6) is -0.0487. The standard InChI is InChI=1S/C16H18FNO/c1-10-7-8-13(15(19)9-10)12(3)18-16-11(2)5-4-6-14(16)17/h4-9,12,18-19H,1-3H3. The van der Waals surface area contributed by atoms with E-state index >= 15 is 0 Å². The second-order valence-corrected chi connectivity index (χ2v) is 4.86. The van der Waals surface area contributed by atoms with Crippen molar-refractivity contribution < 1.29 is 9.50 Å². The van der Waals surface area contributed by atoms with E-state index in [0.29, 0.717) is 5.69 Å². The van der Waals surface area contributed by atoms with Gasteiger partial charge in [0.15, 0.2) is 0 Å². The van der Waals surface area contributed by atoms with Crippen LogP contribution in [0.3, 0.4) is 0 Å². The lowest BCUT2D eigenvalue weighted by Gasteiger charge is -2.19. The summed E-state index contributed by atoms with van der Waals surface area (Å²) < 4.78 is 13.8. The lowest BCUT2D eigenvalue weighted by atomic mass is 10.0. The number of aromatic hydroxyl groups is 1. The molecule has 1 unspecified atom stereocenters. The highest BCUT2D eigenvalue weighted by Crippen LogP contribution is 2.29. The summed E-state index contributed by atoms with van der Waals surface area (Å²) in [7, 11) is 0. The van der Waals surface area contributed by atoms with Gasteiger partial charge in [-0.25, -0.2) is 4.39 Å². The van der Waals surface area contributed by atoms with Gasteiger partial charge in [0.2, 0.25) is 0 Å². The Morgan fingerprint density at radius 3 is 2.53 bits per heavy atom. The number of phenolic OH excluding ortho intramolecular Hbond substituents is 1. The molecule has 2 aromatic carbocycles. The van der Waals surface area contributed by atoms with Gasteiger partial charge in [-0.3, -0.25) is 0 Å². The van der Waals surface area contributed by atoms with Gasteiger partial charge in [0.25, 0.3) is 0 Å². The Labute approximate surface area is 112 Å². The van der Waals surface area contributed by atoms with Crippen LogP contribution in [-0.2, 0) is 0 Å². The van der Waals surface area contributed by atoms with Crippen LogP contribution in [0.2, 0.25) is 0 Å². The maximum absolute atomic E-state index is 13.8. The van der Waals surface area contributed by atoms with E-state index in [2.05, 4.69) is 5.32 Å². The van der Waals surface area contributed by atoms with Gasteiger partial charge in [0.1, 0.15) is 11.6 Å². The Morgan fingerprint density at radius 1 is 1.16 bits per heavy atom. The fourth-order valence-corrected chi connectivity index (χ4v) is 2.13. The van der Waals surface area contributed by atoms with E-state index in [9.17, 15) is 9.50 Å². The van der Waals surface area contributed by atoms with Crippen LogP contribution in [0.4, 0.5) is 10.1 Å². The number of phenols is 1. The summed E-state index contributed by atoms with van der Waals surface area (Å²) in [5, 5.41) is 13.1. The molecule has 0 aliphatic carbocycles. The van der Waals surface area contributed by atoms with Gasteiger partial charge in [0, 0.05) is 5.56 Å². The van der Waals surface area contributed by atoms with Crippen molar-refractivity contribution in [2.75, 3.05) is 5.32 Å². The fourth-order valence-electron chi connectivity index (χ4n) is 2.13. The average Bonchev–Trinajstić information content (AvgIpc) is 2.33. The number of hydrogen-bond acceptors (Lipinski definition) is 2. The zero-order valence-corrected chi connectivity index (χ0v) is 11.4. The van der Waals surface area contributed by atoms with Crippen LogP contribution in [0, 0.1) is 19.7 Å². The Kier molecular flexibility index (Phi) is 3.74. The molecule has 2 rings (SSSR count). The summed E-state index contributed by atoms with van der Waals surface area (Å²) in [6.45, 7) is 5.67. The number of anilines is 1. The van der Waals surface area contributed by atoms with Crippen LogP contribution in [0.15, 0.2) is 36.4 Å². The minimum absolute atomic E-state index is 0.170. The molecule has 0 heterocycles. The number of rotatable bonds is 3. The SMILES string of the molecule is Cc1ccc(C(C)Nc2c(C)cccc2F)c(O)c1. The van der Waals surface area contributed by atoms with Crippen LogP contribution in [0.25, 0.3) is 0 Å². The van der Waals surface area contributed by atoms with Crippen molar-refractivity contribution >= 4 is 5.69 Å². The van der Waals surface area contributed by atoms with Gasteiger partial charge in [-0.05, 0) is 44.0 Å². The van der Waals surface area contributed by atoms with Crippen molar-refractivity contribution in [1.82, 2.24) is 0 Å². The third-order valence-electron chi connectivity index (χ3n) is 3.24. The molecule has 2 N–H and O–H groups in total. The van der Waals surface area contributed by atoms with Gasteiger partial charge in [-0.1, -0.05) is 24.3 Å². The molecule has 19 heavy (non-hydrogen) atoms. The molecule has 0 saturated heterocycles. The maximum Gasteiger partial charge on any atom is 0.146 e. The Bertz CT molecular complexity index is 575. The highest BCUT2D eigenvalue weighted by Gasteiger charge is 2.13. The molecule has 0 amide bonds. The van der Waals surface area contributed by atoms with Crippen LogP contribution < -0.4 is 5.32 Å². The van der Waals surface area contributed by atoms with Crippen LogP contribution >= 0.6 is 0 Å². The molecule has 0 spiro atoms. The first-order valence-corrected chi connectivity index (χ1v) is 6.30. The summed E-state index contributed by atoms with van der Waals surface area (Å²) in [6, 6.07) is 10.3. The zero-order chi connectivity index (χ0) is 14.0. The largest absolute Gasteiger partial charge is 0.508 e. The highest BCUT2D eigenvalue weighted by molar-refractivity contribution is 5.54. The molecule has 0 radical (unpaired) electrons. The van der Waals surface area contributed by atoms with Gasteiger partial charge in [-0.15, -0.1) is 0 Å². The van der Waals surface area contributed by atoms with Crippen molar-refractivity contribution in [3.05, 3.63) is 58.9 Å². The lowest BCUT2D eigenvalue weighted by Crippen LogP contribution is -2.09. The van der Waals surface area contributed by atoms with E-state index in [1.807, 2.05) is 39.0 Å². The molecule has 3 heteroatoms. The Morgan fingerprint density at radius 2 is 1.89 bits per heavy atom. The van der Waals surface area contributed by atoms with Gasteiger partial charge >= 0.3 is 0 Å². The summed E-state index contributed by atoms with van der Waals surface area (Å²) in [4.78, 5) is 0. The van der Waals surface area contributed by atoms with Crippen molar-refractivity contribution in [1.29, 1.82) is 0 Å². The molecule has 0 bridgehead atoms. The van der Waals surface area contributed by atoms with Gasteiger partial charge in [0.05, 0.1) is 11.7 Å². The minimum Gasteiger partial charge on any atom is -0.508 e. The molecule has 0 aromatic heterocycles. The first kappa shape index (κ1) is 13.4. The summed E-state index contributed by atoms with van der Waals surface area (Å²) >= 11 is 0. The van der Waals surface area contributed by atoms with Crippen LogP contribution in [0.5, 0.6) is 5.75 Å². The van der Waals surface area contributed by atoms with Gasteiger partial charge in [-0.2, -0.15) is 0 Å². The number of benzene rings is 2. The molecule has 0 saturated carbocycles. The predicted molar refractivity (Wildman–Crippen MR) is 76.0 cm³/mol. The molecule has 0 fully saturated rings. The number of halogens is 1. The summed E-state index contributed by atoms with van der Waals surface area (Å²) in [5.41, 5.74) is 3.08. The number of aryl methyl sites for hydroxylation is 2. The quantitative estimate of drug-likeness (QED) is 0.860. The van der Waals surface area contributed by atoms with E-state index in [0.717, 1.165) is 16.7 Å². The number of nitrogens with one attached hydrogen (secondary N) is 1. The van der Waals surface area contributed by atoms with Crippen LogP contribution in [-0.4, -0.2) is 5.11 Å². The molecule has 2 nitrogen and oxygen atoms in total. The van der Waals surface area contributed by atoms with Crippen molar-refractivity contribution in [3.8, 4) is 5.75 Å². The molecule has 1 atom stereocenters. The number of para-hydroxylation sites is 1. The fraction of sp³-hybridized carbons (Fsp3) is 0.250. The molecule has 100 valence electrons. The lowest BCUT2D eigenvalue weighted by molar-refractivity contribution is 0.465. The smallest absolute Gasteiger partial charge is 0.146 e. The first-order chi connectivity index (χ1) is 8.99. The maximum atomic E-state index is 13.8. The first-order valence-electron chi connectivity index (χ1n) is 6.30. The van der Waals surface area contributed by atoms with Crippen molar-refractivity contribution in [2.45, 2.75) is 26.8 Å².